The highest BCUT2D eigenvalue weighted by Gasteiger charge is 2.25. The number of nitrogens with zero attached hydrogens (tertiary/aromatic N) is 3. The molecule has 9 heteroatoms. The molecule has 8 nitrogen and oxygen atoms in total. The Morgan fingerprint density at radius 2 is 1.84 bits per heavy atom. The number of amides is 3. The summed E-state index contributed by atoms with van der Waals surface area (Å²) in [6.45, 7) is 3.33. The number of carbonyl (C=O) groups excluding carboxylic acids is 2. The number of nitrogens with two attached hydrogens (primary N) is 1. The largest absolute Gasteiger partial charge is 0.496 e. The molecule has 2 aromatic rings. The van der Waals surface area contributed by atoms with Crippen LogP contribution in [-0.4, -0.2) is 73.5 Å². The van der Waals surface area contributed by atoms with Crippen LogP contribution in [0.2, 0.25) is 0 Å². The summed E-state index contributed by atoms with van der Waals surface area (Å²) >= 11 is 0. The van der Waals surface area contributed by atoms with Gasteiger partial charge in [-0.05, 0) is 37.2 Å². The molecule has 0 saturated carbocycles. The van der Waals surface area contributed by atoms with Crippen LogP contribution in [0.5, 0.6) is 5.75 Å². The Morgan fingerprint density at radius 1 is 1.12 bits per heavy atom. The van der Waals surface area contributed by atoms with E-state index in [2.05, 4.69) is 4.90 Å². The van der Waals surface area contributed by atoms with Gasteiger partial charge < -0.3 is 19.4 Å². The Morgan fingerprint density at radius 3 is 2.50 bits per heavy atom. The van der Waals surface area contributed by atoms with E-state index in [1.165, 1.54) is 12.1 Å². The number of hydrogen-bond acceptors (Lipinski definition) is 5. The zero-order valence-electron chi connectivity index (χ0n) is 18.5. The molecule has 0 unspecified atom stereocenters. The van der Waals surface area contributed by atoms with Gasteiger partial charge in [-0.2, -0.15) is 0 Å². The van der Waals surface area contributed by atoms with E-state index in [0.717, 1.165) is 30.5 Å². The fourth-order valence-electron chi connectivity index (χ4n) is 3.71. The molecule has 0 radical (unpaired) electrons. The highest BCUT2D eigenvalue weighted by molar-refractivity contribution is 5.93. The standard InChI is InChI=1S/C23H30FN5O3/c1-27-11-13-28(14-12-27)23(31)29(10-9-17-5-3-4-6-21(17)32-2)16-19-8-7-18(15-20(19)24)22(30)26-25/h3-8,15H,9-14,16,25H2,1-2H3,(H,26,30). The molecule has 1 aliphatic heterocycles. The normalized spacial score (nSPS) is 14.2. The predicted molar refractivity (Wildman–Crippen MR) is 120 cm³/mol. The summed E-state index contributed by atoms with van der Waals surface area (Å²) in [5.41, 5.74) is 3.42. The number of likely N-dealkylation sites (N-methyl/N-ethyl adjacent to an activating group) is 1. The summed E-state index contributed by atoms with van der Waals surface area (Å²) in [5, 5.41) is 0. The van der Waals surface area contributed by atoms with Gasteiger partial charge in [0.05, 0.1) is 13.7 Å². The second kappa shape index (κ2) is 10.9. The van der Waals surface area contributed by atoms with Crippen molar-refractivity contribution in [2.75, 3.05) is 46.9 Å². The van der Waals surface area contributed by atoms with Gasteiger partial charge in [0, 0.05) is 43.9 Å². The van der Waals surface area contributed by atoms with E-state index in [9.17, 15) is 14.0 Å². The number of para-hydroxylation sites is 1. The average Bonchev–Trinajstić information content (AvgIpc) is 2.82. The van der Waals surface area contributed by atoms with Crippen LogP contribution >= 0.6 is 0 Å². The number of carbonyl (C=O) groups is 2. The van der Waals surface area contributed by atoms with Gasteiger partial charge in [0.1, 0.15) is 11.6 Å². The minimum absolute atomic E-state index is 0.0939. The van der Waals surface area contributed by atoms with E-state index >= 15 is 0 Å². The zero-order chi connectivity index (χ0) is 23.1. The van der Waals surface area contributed by atoms with E-state index < -0.39 is 11.7 Å². The van der Waals surface area contributed by atoms with Gasteiger partial charge in [-0.1, -0.05) is 24.3 Å². The summed E-state index contributed by atoms with van der Waals surface area (Å²) in [6.07, 6.45) is 0.568. The third kappa shape index (κ3) is 5.74. The van der Waals surface area contributed by atoms with E-state index in [4.69, 9.17) is 10.6 Å². The summed E-state index contributed by atoms with van der Waals surface area (Å²) < 4.78 is 20.2. The first-order valence-electron chi connectivity index (χ1n) is 10.6. The van der Waals surface area contributed by atoms with Crippen molar-refractivity contribution in [2.24, 2.45) is 5.84 Å². The fourth-order valence-corrected chi connectivity index (χ4v) is 3.71. The maximum Gasteiger partial charge on any atom is 0.320 e. The lowest BCUT2D eigenvalue weighted by molar-refractivity contribution is 0.0952. The predicted octanol–water partition coefficient (Wildman–Crippen LogP) is 1.85. The number of benzene rings is 2. The van der Waals surface area contributed by atoms with E-state index in [1.54, 1.807) is 16.9 Å². The Kier molecular flexibility index (Phi) is 8.02. The summed E-state index contributed by atoms with van der Waals surface area (Å²) in [7, 11) is 3.64. The van der Waals surface area contributed by atoms with Gasteiger partial charge in [-0.25, -0.2) is 15.0 Å². The van der Waals surface area contributed by atoms with Gasteiger partial charge in [0.25, 0.3) is 5.91 Å². The molecule has 3 N–H and O–H groups in total. The number of hydrogen-bond donors (Lipinski definition) is 2. The summed E-state index contributed by atoms with van der Waals surface area (Å²) in [5.74, 6) is 4.75. The van der Waals surface area contributed by atoms with Crippen LogP contribution in [0.4, 0.5) is 9.18 Å². The van der Waals surface area contributed by atoms with Crippen molar-refractivity contribution in [2.45, 2.75) is 13.0 Å². The number of nitrogens with one attached hydrogen (secondary N) is 1. The maximum atomic E-state index is 14.7. The number of halogens is 1. The van der Waals surface area contributed by atoms with Crippen molar-refractivity contribution in [3.63, 3.8) is 0 Å². The lowest BCUT2D eigenvalue weighted by Crippen LogP contribution is -2.52. The molecule has 1 fully saturated rings. The van der Waals surface area contributed by atoms with Crippen LogP contribution in [0.1, 0.15) is 21.5 Å². The topological polar surface area (TPSA) is 91.1 Å². The monoisotopic (exact) mass is 443 g/mol. The van der Waals surface area contributed by atoms with Crippen LogP contribution in [-0.2, 0) is 13.0 Å². The zero-order valence-corrected chi connectivity index (χ0v) is 18.5. The third-order valence-corrected chi connectivity index (χ3v) is 5.70. The lowest BCUT2D eigenvalue weighted by Gasteiger charge is -2.36. The van der Waals surface area contributed by atoms with Gasteiger partial charge in [-0.15, -0.1) is 0 Å². The van der Waals surface area contributed by atoms with Crippen molar-refractivity contribution in [1.29, 1.82) is 0 Å². The molecule has 32 heavy (non-hydrogen) atoms. The molecule has 0 aliphatic carbocycles. The average molecular weight is 444 g/mol. The Hall–Kier alpha value is -3.17. The Bertz CT molecular complexity index is 947. The molecule has 1 aliphatic rings. The molecule has 2 aromatic carbocycles. The van der Waals surface area contributed by atoms with Gasteiger partial charge in [0.15, 0.2) is 0 Å². The molecule has 1 saturated heterocycles. The lowest BCUT2D eigenvalue weighted by atomic mass is 10.1. The van der Waals surface area contributed by atoms with Crippen molar-refractivity contribution >= 4 is 11.9 Å². The molecular formula is C23H30FN5O3. The second-order valence-electron chi connectivity index (χ2n) is 7.84. The van der Waals surface area contributed by atoms with Crippen LogP contribution in [0, 0.1) is 5.82 Å². The van der Waals surface area contributed by atoms with Crippen LogP contribution in [0.25, 0.3) is 0 Å². The Balaban J connectivity index is 1.80. The molecule has 3 amide bonds. The van der Waals surface area contributed by atoms with Gasteiger partial charge >= 0.3 is 6.03 Å². The Labute approximate surface area is 187 Å². The van der Waals surface area contributed by atoms with E-state index in [0.29, 0.717) is 31.6 Å². The van der Waals surface area contributed by atoms with Crippen LogP contribution in [0.3, 0.4) is 0 Å². The van der Waals surface area contributed by atoms with Crippen LogP contribution in [0.15, 0.2) is 42.5 Å². The SMILES string of the molecule is COc1ccccc1CCN(Cc1ccc(C(=O)NN)cc1F)C(=O)N1CCN(C)CC1. The van der Waals surface area contributed by atoms with Gasteiger partial charge in [-0.3, -0.25) is 10.2 Å². The van der Waals surface area contributed by atoms with E-state index in [-0.39, 0.29) is 18.1 Å². The summed E-state index contributed by atoms with van der Waals surface area (Å²) in [4.78, 5) is 30.6. The van der Waals surface area contributed by atoms with E-state index in [1.807, 2.05) is 36.7 Å². The van der Waals surface area contributed by atoms with Crippen molar-refractivity contribution in [3.8, 4) is 5.75 Å². The minimum Gasteiger partial charge on any atom is -0.496 e. The third-order valence-electron chi connectivity index (χ3n) is 5.70. The number of nitrogen functional groups attached to an aromatic ring is 1. The minimum atomic E-state index is -0.572. The number of methoxy groups -OCH3 is 1. The highest BCUT2D eigenvalue weighted by atomic mass is 19.1. The number of piperazine rings is 1. The van der Waals surface area contributed by atoms with Crippen molar-refractivity contribution in [1.82, 2.24) is 20.1 Å². The number of ether oxygens (including phenoxy) is 1. The summed E-state index contributed by atoms with van der Waals surface area (Å²) in [6, 6.07) is 11.7. The smallest absolute Gasteiger partial charge is 0.320 e. The molecule has 0 aromatic heterocycles. The number of rotatable bonds is 7. The molecule has 3 rings (SSSR count). The second-order valence-corrected chi connectivity index (χ2v) is 7.84. The molecular weight excluding hydrogens is 413 g/mol. The first kappa shape index (κ1) is 23.5. The fraction of sp³-hybridized carbons (Fsp3) is 0.391. The first-order valence-corrected chi connectivity index (χ1v) is 10.6. The molecule has 0 bridgehead atoms. The van der Waals surface area contributed by atoms with Crippen molar-refractivity contribution in [3.05, 3.63) is 65.0 Å². The first-order chi connectivity index (χ1) is 15.4. The molecule has 1 heterocycles. The molecule has 172 valence electrons. The molecule has 0 spiro atoms. The quantitative estimate of drug-likeness (QED) is 0.387. The van der Waals surface area contributed by atoms with Gasteiger partial charge in [0.2, 0.25) is 0 Å². The van der Waals surface area contributed by atoms with Crippen molar-refractivity contribution < 1.29 is 18.7 Å². The maximum absolute atomic E-state index is 14.7. The molecule has 0 atom stereocenters. The van der Waals surface area contributed by atoms with Crippen LogP contribution < -0.4 is 16.0 Å². The number of hydrazine groups is 1. The number of urea groups is 1. The highest BCUT2D eigenvalue weighted by Crippen LogP contribution is 2.20.